The van der Waals surface area contributed by atoms with Crippen LogP contribution in [0.4, 0.5) is 23.7 Å². The number of aryl methyl sites for hydroxylation is 1. The maximum Gasteiger partial charge on any atom is 0.490 e. The summed E-state index contributed by atoms with van der Waals surface area (Å²) in [5.74, 6) is -4.87. The molecule has 2 heterocycles. The summed E-state index contributed by atoms with van der Waals surface area (Å²) in [5.41, 5.74) is 5.01. The molecule has 3 aromatic rings. The number of carboxylic acid groups (broad SMARTS) is 1. The van der Waals surface area contributed by atoms with Crippen LogP contribution in [-0.4, -0.2) is 69.4 Å². The zero-order valence-corrected chi connectivity index (χ0v) is 24.6. The van der Waals surface area contributed by atoms with Gasteiger partial charge in [-0.1, -0.05) is 18.2 Å². The first kappa shape index (κ1) is 34.6. The van der Waals surface area contributed by atoms with Crippen LogP contribution >= 0.6 is 0 Å². The van der Waals surface area contributed by atoms with E-state index in [0.717, 1.165) is 22.2 Å². The van der Waals surface area contributed by atoms with E-state index in [-0.39, 0.29) is 31.5 Å². The Kier molecular flexibility index (Phi) is 11.7. The average molecular weight is 635 g/mol. The van der Waals surface area contributed by atoms with Crippen molar-refractivity contribution in [3.05, 3.63) is 65.9 Å². The van der Waals surface area contributed by atoms with Crippen molar-refractivity contribution in [2.45, 2.75) is 46.1 Å². The van der Waals surface area contributed by atoms with Gasteiger partial charge in [-0.3, -0.25) is 19.8 Å². The van der Waals surface area contributed by atoms with Crippen molar-refractivity contribution in [3.63, 3.8) is 0 Å². The monoisotopic (exact) mass is 634 g/mol. The van der Waals surface area contributed by atoms with Crippen LogP contribution in [0.1, 0.15) is 31.5 Å². The van der Waals surface area contributed by atoms with Gasteiger partial charge in [0.25, 0.3) is 0 Å². The molecule has 0 unspecified atom stereocenters. The number of rotatable bonds is 7. The Labute approximate surface area is 256 Å². The van der Waals surface area contributed by atoms with Crippen molar-refractivity contribution in [1.82, 2.24) is 15.4 Å². The van der Waals surface area contributed by atoms with Gasteiger partial charge in [0.2, 0.25) is 11.8 Å². The minimum absolute atomic E-state index is 0.0357. The van der Waals surface area contributed by atoms with Gasteiger partial charge in [-0.2, -0.15) is 13.2 Å². The number of alkyl halides is 3. The van der Waals surface area contributed by atoms with Gasteiger partial charge in [-0.05, 0) is 63.6 Å². The number of carbonyl (C=O) groups excluding carboxylic acids is 3. The number of pyridine rings is 1. The second-order valence-electron chi connectivity index (χ2n) is 10.4. The Morgan fingerprint density at radius 3 is 2.29 bits per heavy atom. The van der Waals surface area contributed by atoms with E-state index >= 15 is 0 Å². The van der Waals surface area contributed by atoms with Crippen LogP contribution in [0.5, 0.6) is 5.75 Å². The molecule has 12 nitrogen and oxygen atoms in total. The smallest absolute Gasteiger partial charge is 0.489 e. The van der Waals surface area contributed by atoms with Crippen molar-refractivity contribution in [3.8, 4) is 5.75 Å². The Bertz CT molecular complexity index is 1520. The van der Waals surface area contributed by atoms with E-state index in [4.69, 9.17) is 19.4 Å². The summed E-state index contributed by atoms with van der Waals surface area (Å²) in [6.07, 6.45) is -5.70. The number of benzene rings is 2. The molecule has 0 radical (unpaired) electrons. The lowest BCUT2D eigenvalue weighted by Crippen LogP contribution is -2.52. The van der Waals surface area contributed by atoms with Gasteiger partial charge in [0.1, 0.15) is 12.4 Å². The number of halogens is 3. The van der Waals surface area contributed by atoms with Gasteiger partial charge in [0, 0.05) is 35.4 Å². The Morgan fingerprint density at radius 2 is 1.69 bits per heavy atom. The third kappa shape index (κ3) is 9.79. The molecule has 1 aromatic heterocycles. The average Bonchev–Trinajstić information content (AvgIpc) is 2.99. The Morgan fingerprint density at radius 1 is 1.04 bits per heavy atom. The molecule has 3 amide bonds. The lowest BCUT2D eigenvalue weighted by Gasteiger charge is -2.36. The van der Waals surface area contributed by atoms with E-state index in [9.17, 15) is 32.8 Å². The van der Waals surface area contributed by atoms with Crippen molar-refractivity contribution in [1.29, 1.82) is 0 Å². The molecular formula is C30H33F3N4O8. The first-order valence-corrected chi connectivity index (χ1v) is 13.8. The van der Waals surface area contributed by atoms with E-state index in [1.807, 2.05) is 37.3 Å². The number of aromatic nitrogens is 1. The fraction of sp³-hybridized carbons (Fsp3) is 0.367. The van der Waals surface area contributed by atoms with Gasteiger partial charge in [-0.15, -0.1) is 0 Å². The molecule has 45 heavy (non-hydrogen) atoms. The second-order valence-corrected chi connectivity index (χ2v) is 10.4. The molecule has 0 saturated carbocycles. The molecule has 242 valence electrons. The fourth-order valence-electron chi connectivity index (χ4n) is 4.60. The lowest BCUT2D eigenvalue weighted by atomic mass is 9.84. The standard InChI is InChI=1S/C28H32N4O6.C2HF3O2/c1-17(2)38-28(35)32-13-12-23(24(15-32)27(34)31-36)26(33)30-20-8-10-21(11-9-20)37-16-19-14-18(3)29-25-7-5-4-6-22(19)25;3-2(4,5)1(6)7/h4-11,14,17,23-24,36H,12-13,15-16H2,1-3H3,(H,30,33)(H,31,34);(H,6,7)/t23-,24-;/m0./s1. The molecule has 1 aliphatic rings. The number of nitrogens with zero attached hydrogens (tertiary/aromatic N) is 2. The zero-order chi connectivity index (χ0) is 33.3. The van der Waals surface area contributed by atoms with Crippen molar-refractivity contribution in [2.24, 2.45) is 11.8 Å². The molecule has 2 aromatic carbocycles. The normalized spacial score (nSPS) is 16.3. The van der Waals surface area contributed by atoms with Crippen LogP contribution in [0.2, 0.25) is 0 Å². The molecular weight excluding hydrogens is 601 g/mol. The van der Waals surface area contributed by atoms with E-state index in [0.29, 0.717) is 18.0 Å². The molecule has 1 saturated heterocycles. The minimum atomic E-state index is -5.08. The highest BCUT2D eigenvalue weighted by Crippen LogP contribution is 2.27. The highest BCUT2D eigenvalue weighted by Gasteiger charge is 2.41. The highest BCUT2D eigenvalue weighted by atomic mass is 19.4. The summed E-state index contributed by atoms with van der Waals surface area (Å²) < 4.78 is 42.9. The molecule has 1 aliphatic heterocycles. The number of amides is 3. The van der Waals surface area contributed by atoms with Crippen LogP contribution < -0.4 is 15.5 Å². The van der Waals surface area contributed by atoms with Gasteiger partial charge >= 0.3 is 18.2 Å². The number of hydrogen-bond donors (Lipinski definition) is 4. The number of para-hydroxylation sites is 1. The van der Waals surface area contributed by atoms with Crippen molar-refractivity contribution >= 4 is 40.5 Å². The largest absolute Gasteiger partial charge is 0.490 e. The van der Waals surface area contributed by atoms with E-state index in [2.05, 4.69) is 10.3 Å². The van der Waals surface area contributed by atoms with Crippen molar-refractivity contribution in [2.75, 3.05) is 18.4 Å². The van der Waals surface area contributed by atoms with E-state index < -0.39 is 36.0 Å². The number of anilines is 1. The van der Waals surface area contributed by atoms with Gasteiger partial charge in [0.05, 0.1) is 23.5 Å². The fourth-order valence-corrected chi connectivity index (χ4v) is 4.60. The summed E-state index contributed by atoms with van der Waals surface area (Å²) in [4.78, 5) is 52.5. The number of piperidine rings is 1. The summed E-state index contributed by atoms with van der Waals surface area (Å²) in [6, 6.07) is 16.9. The van der Waals surface area contributed by atoms with E-state index in [1.165, 1.54) is 4.90 Å². The third-order valence-corrected chi connectivity index (χ3v) is 6.68. The molecule has 4 N–H and O–H groups in total. The third-order valence-electron chi connectivity index (χ3n) is 6.68. The zero-order valence-electron chi connectivity index (χ0n) is 24.6. The van der Waals surface area contributed by atoms with Crippen LogP contribution in [0.15, 0.2) is 54.6 Å². The minimum Gasteiger partial charge on any atom is -0.489 e. The molecule has 1 fully saturated rings. The van der Waals surface area contributed by atoms with Crippen LogP contribution in [0, 0.1) is 18.8 Å². The van der Waals surface area contributed by atoms with Crippen molar-refractivity contribution < 1.29 is 52.1 Å². The number of aliphatic carboxylic acids is 1. The predicted octanol–water partition coefficient (Wildman–Crippen LogP) is 4.68. The SMILES string of the molecule is Cc1cc(COc2ccc(NC(=O)[C@H]3CCN(C(=O)OC(C)C)C[C@@H]3C(=O)NO)cc2)c2ccccc2n1.O=C(O)C(F)(F)F. The lowest BCUT2D eigenvalue weighted by molar-refractivity contribution is -0.192. The maximum absolute atomic E-state index is 13.1. The quantitative estimate of drug-likeness (QED) is 0.213. The van der Waals surface area contributed by atoms with E-state index in [1.54, 1.807) is 43.6 Å². The summed E-state index contributed by atoms with van der Waals surface area (Å²) >= 11 is 0. The summed E-state index contributed by atoms with van der Waals surface area (Å²) in [6.45, 7) is 6.00. The molecule has 0 aliphatic carbocycles. The number of carboxylic acids is 1. The highest BCUT2D eigenvalue weighted by molar-refractivity contribution is 5.96. The number of likely N-dealkylation sites (tertiary alicyclic amines) is 1. The number of ether oxygens (including phenoxy) is 2. The molecule has 0 spiro atoms. The van der Waals surface area contributed by atoms with Crippen LogP contribution in [-0.2, 0) is 25.7 Å². The maximum atomic E-state index is 13.1. The van der Waals surface area contributed by atoms with Gasteiger partial charge in [-0.25, -0.2) is 15.1 Å². The second kappa shape index (κ2) is 15.2. The van der Waals surface area contributed by atoms with Crippen LogP contribution in [0.25, 0.3) is 10.9 Å². The Balaban J connectivity index is 0.000000707. The van der Waals surface area contributed by atoms with Gasteiger partial charge < -0.3 is 24.8 Å². The summed E-state index contributed by atoms with van der Waals surface area (Å²) in [5, 5.41) is 20.2. The predicted molar refractivity (Wildman–Crippen MR) is 154 cm³/mol. The number of hydroxylamine groups is 1. The number of nitrogens with one attached hydrogen (secondary N) is 2. The number of fused-ring (bicyclic) bond motifs is 1. The van der Waals surface area contributed by atoms with Gasteiger partial charge in [0.15, 0.2) is 0 Å². The molecule has 15 heteroatoms. The molecule has 0 bridgehead atoms. The Hall–Kier alpha value is -4.92. The molecule has 2 atom stereocenters. The first-order chi connectivity index (χ1) is 21.2. The van der Waals surface area contributed by atoms with Crippen LogP contribution in [0.3, 0.4) is 0 Å². The number of hydrogen-bond acceptors (Lipinski definition) is 8. The summed E-state index contributed by atoms with van der Waals surface area (Å²) in [7, 11) is 0. The topological polar surface area (TPSA) is 167 Å². The molecule has 4 rings (SSSR count). The first-order valence-electron chi connectivity index (χ1n) is 13.8. The number of carbonyl (C=O) groups is 4.